The summed E-state index contributed by atoms with van der Waals surface area (Å²) in [5, 5.41) is 3.81. The third kappa shape index (κ3) is 2.56. The van der Waals surface area contributed by atoms with E-state index in [-0.39, 0.29) is 5.41 Å². The minimum absolute atomic E-state index is 0.241. The highest BCUT2D eigenvalue weighted by Gasteiger charge is 2.41. The number of hydrogen-bond acceptors (Lipinski definition) is 1. The summed E-state index contributed by atoms with van der Waals surface area (Å²) < 4.78 is 0. The van der Waals surface area contributed by atoms with Crippen molar-refractivity contribution in [3.63, 3.8) is 0 Å². The van der Waals surface area contributed by atoms with Gasteiger partial charge in [0.1, 0.15) is 0 Å². The van der Waals surface area contributed by atoms with Crippen LogP contribution in [0.4, 0.5) is 0 Å². The molecule has 4 unspecified atom stereocenters. The number of nitrogens with one attached hydrogen (secondary N) is 1. The Morgan fingerprint density at radius 2 is 1.85 bits per heavy atom. The number of rotatable bonds is 3. The van der Waals surface area contributed by atoms with Gasteiger partial charge in [-0.25, -0.2) is 0 Å². The monoisotopic (exact) mass is 269 g/mol. The highest BCUT2D eigenvalue weighted by Crippen LogP contribution is 2.43. The molecule has 108 valence electrons. The molecule has 0 heterocycles. The summed E-state index contributed by atoms with van der Waals surface area (Å²) in [4.78, 5) is 0. The zero-order valence-electron chi connectivity index (χ0n) is 13.2. The maximum atomic E-state index is 3.81. The Hall–Kier alpha value is -1.08. The molecule has 3 rings (SSSR count). The Balaban J connectivity index is 1.62. The first-order valence-electron chi connectivity index (χ1n) is 7.98. The van der Waals surface area contributed by atoms with E-state index >= 15 is 0 Å². The zero-order chi connectivity index (χ0) is 14.3. The summed E-state index contributed by atoms with van der Waals surface area (Å²) in [7, 11) is 0. The highest BCUT2D eigenvalue weighted by molar-refractivity contribution is 5.29. The van der Waals surface area contributed by atoms with Crippen LogP contribution < -0.4 is 5.32 Å². The number of benzene rings is 1. The van der Waals surface area contributed by atoms with E-state index in [9.17, 15) is 0 Å². The van der Waals surface area contributed by atoms with Crippen LogP contribution in [0.2, 0.25) is 0 Å². The molecule has 0 radical (unpaired) electrons. The van der Waals surface area contributed by atoms with Gasteiger partial charge in [0.15, 0.2) is 0 Å². The summed E-state index contributed by atoms with van der Waals surface area (Å²) in [6.07, 6.45) is 7.43. The van der Waals surface area contributed by atoms with Crippen LogP contribution in [0.5, 0.6) is 0 Å². The van der Waals surface area contributed by atoms with Gasteiger partial charge in [-0.3, -0.25) is 0 Å². The molecule has 0 bridgehead atoms. The molecular formula is C19H27N. The van der Waals surface area contributed by atoms with Crippen molar-refractivity contribution in [2.45, 2.75) is 58.0 Å². The van der Waals surface area contributed by atoms with E-state index in [4.69, 9.17) is 0 Å². The standard InChI is InChI=1S/C19H27N/c1-13(20-18-12-15-6-5-7-17(15)18)14-8-10-16(11-9-14)19(2,3)4/h5,7-11,13,15,17-18,20H,6,12H2,1-4H3. The van der Waals surface area contributed by atoms with Gasteiger partial charge in [-0.15, -0.1) is 0 Å². The second-order valence-corrected chi connectivity index (χ2v) is 7.60. The fourth-order valence-electron chi connectivity index (χ4n) is 3.60. The lowest BCUT2D eigenvalue weighted by molar-refractivity contribution is 0.152. The molecule has 1 aromatic rings. The van der Waals surface area contributed by atoms with E-state index in [1.165, 1.54) is 24.0 Å². The Morgan fingerprint density at radius 3 is 2.45 bits per heavy atom. The van der Waals surface area contributed by atoms with Gasteiger partial charge in [0, 0.05) is 12.1 Å². The van der Waals surface area contributed by atoms with Crippen molar-refractivity contribution in [3.05, 3.63) is 47.5 Å². The molecule has 1 N–H and O–H groups in total. The molecule has 1 saturated carbocycles. The number of hydrogen-bond donors (Lipinski definition) is 1. The highest BCUT2D eigenvalue weighted by atomic mass is 15.0. The largest absolute Gasteiger partial charge is 0.307 e. The first-order valence-corrected chi connectivity index (χ1v) is 7.98. The first kappa shape index (κ1) is 13.9. The molecule has 20 heavy (non-hydrogen) atoms. The van der Waals surface area contributed by atoms with Crippen molar-refractivity contribution in [2.75, 3.05) is 0 Å². The van der Waals surface area contributed by atoms with Gasteiger partial charge in [-0.1, -0.05) is 57.2 Å². The van der Waals surface area contributed by atoms with Crippen LogP contribution >= 0.6 is 0 Å². The normalized spacial score (nSPS) is 29.9. The van der Waals surface area contributed by atoms with Crippen molar-refractivity contribution >= 4 is 0 Å². The van der Waals surface area contributed by atoms with Crippen molar-refractivity contribution in [3.8, 4) is 0 Å². The van der Waals surface area contributed by atoms with Gasteiger partial charge < -0.3 is 5.32 Å². The molecule has 0 aliphatic heterocycles. The predicted molar refractivity (Wildman–Crippen MR) is 85.8 cm³/mol. The topological polar surface area (TPSA) is 12.0 Å². The van der Waals surface area contributed by atoms with Gasteiger partial charge in [-0.05, 0) is 48.1 Å². The van der Waals surface area contributed by atoms with E-state index < -0.39 is 0 Å². The van der Waals surface area contributed by atoms with Gasteiger partial charge >= 0.3 is 0 Å². The summed E-state index contributed by atoms with van der Waals surface area (Å²) in [5.41, 5.74) is 3.06. The second-order valence-electron chi connectivity index (χ2n) is 7.60. The third-order valence-electron chi connectivity index (χ3n) is 5.10. The van der Waals surface area contributed by atoms with Crippen LogP contribution in [-0.4, -0.2) is 6.04 Å². The Morgan fingerprint density at radius 1 is 1.15 bits per heavy atom. The summed E-state index contributed by atoms with van der Waals surface area (Å²) in [6, 6.07) is 10.3. The fraction of sp³-hybridized carbons (Fsp3) is 0.579. The van der Waals surface area contributed by atoms with Gasteiger partial charge in [0.2, 0.25) is 0 Å². The first-order chi connectivity index (χ1) is 9.45. The quantitative estimate of drug-likeness (QED) is 0.791. The van der Waals surface area contributed by atoms with Gasteiger partial charge in [0.05, 0.1) is 0 Å². The van der Waals surface area contributed by atoms with Crippen LogP contribution in [0, 0.1) is 11.8 Å². The maximum absolute atomic E-state index is 3.81. The van der Waals surface area contributed by atoms with Crippen LogP contribution in [0.1, 0.15) is 57.7 Å². The van der Waals surface area contributed by atoms with Gasteiger partial charge in [0.25, 0.3) is 0 Å². The SMILES string of the molecule is CC(NC1CC2CC=CC21)c1ccc(C(C)(C)C)cc1. The molecule has 1 fully saturated rings. The maximum Gasteiger partial charge on any atom is 0.0294 e. The van der Waals surface area contributed by atoms with E-state index in [0.717, 1.165) is 11.8 Å². The summed E-state index contributed by atoms with van der Waals surface area (Å²) in [6.45, 7) is 9.10. The number of allylic oxidation sites excluding steroid dienone is 1. The fourth-order valence-corrected chi connectivity index (χ4v) is 3.60. The number of fused-ring (bicyclic) bond motifs is 1. The summed E-state index contributed by atoms with van der Waals surface area (Å²) in [5.74, 6) is 1.73. The van der Waals surface area contributed by atoms with E-state index in [0.29, 0.717) is 12.1 Å². The van der Waals surface area contributed by atoms with Crippen LogP contribution in [0.15, 0.2) is 36.4 Å². The van der Waals surface area contributed by atoms with Crippen molar-refractivity contribution in [2.24, 2.45) is 11.8 Å². The predicted octanol–water partition coefficient (Wildman–Crippen LogP) is 4.60. The van der Waals surface area contributed by atoms with E-state index in [1.807, 2.05) is 0 Å². The van der Waals surface area contributed by atoms with Gasteiger partial charge in [-0.2, -0.15) is 0 Å². The second kappa shape index (κ2) is 5.04. The molecule has 2 aliphatic rings. The van der Waals surface area contributed by atoms with Crippen LogP contribution in [-0.2, 0) is 5.41 Å². The lowest BCUT2D eigenvalue weighted by atomic mass is 9.71. The average molecular weight is 269 g/mol. The Bertz CT molecular complexity index is 491. The zero-order valence-corrected chi connectivity index (χ0v) is 13.2. The van der Waals surface area contributed by atoms with E-state index in [1.54, 1.807) is 0 Å². The smallest absolute Gasteiger partial charge is 0.0294 e. The molecule has 4 atom stereocenters. The minimum atomic E-state index is 0.241. The molecule has 0 aromatic heterocycles. The minimum Gasteiger partial charge on any atom is -0.307 e. The van der Waals surface area contributed by atoms with Crippen LogP contribution in [0.25, 0.3) is 0 Å². The Labute approximate surface area is 123 Å². The lowest BCUT2D eigenvalue weighted by Crippen LogP contribution is -2.48. The third-order valence-corrected chi connectivity index (χ3v) is 5.10. The molecule has 0 saturated heterocycles. The molecule has 1 nitrogen and oxygen atoms in total. The van der Waals surface area contributed by atoms with Crippen molar-refractivity contribution in [1.29, 1.82) is 0 Å². The molecule has 0 amide bonds. The van der Waals surface area contributed by atoms with E-state index in [2.05, 4.69) is 69.4 Å². The van der Waals surface area contributed by atoms with Crippen molar-refractivity contribution < 1.29 is 0 Å². The average Bonchev–Trinajstić information content (AvgIpc) is 2.76. The molecule has 2 aliphatic carbocycles. The molecule has 1 heteroatoms. The summed E-state index contributed by atoms with van der Waals surface area (Å²) >= 11 is 0. The molecular weight excluding hydrogens is 242 g/mol. The van der Waals surface area contributed by atoms with Crippen LogP contribution in [0.3, 0.4) is 0 Å². The molecule has 0 spiro atoms. The van der Waals surface area contributed by atoms with Crippen molar-refractivity contribution in [1.82, 2.24) is 5.32 Å². The molecule has 1 aromatic carbocycles. The lowest BCUT2D eigenvalue weighted by Gasteiger charge is -2.42. The Kier molecular flexibility index (Phi) is 3.50.